The van der Waals surface area contributed by atoms with Gasteiger partial charge in [-0.05, 0) is 63.1 Å². The van der Waals surface area contributed by atoms with Gasteiger partial charge in [-0.3, -0.25) is 0 Å². The van der Waals surface area contributed by atoms with Gasteiger partial charge in [0.15, 0.2) is 11.4 Å². The average Bonchev–Trinajstić information content (AvgIpc) is 2.79. The summed E-state index contributed by atoms with van der Waals surface area (Å²) >= 11 is 0. The summed E-state index contributed by atoms with van der Waals surface area (Å²) < 4.78 is 11.8. The van der Waals surface area contributed by atoms with Crippen molar-refractivity contribution in [3.8, 4) is 0 Å². The van der Waals surface area contributed by atoms with Crippen molar-refractivity contribution in [2.75, 3.05) is 6.61 Å². The zero-order valence-electron chi connectivity index (χ0n) is 16.4. The van der Waals surface area contributed by atoms with Crippen LogP contribution in [0, 0.1) is 20.8 Å². The van der Waals surface area contributed by atoms with Gasteiger partial charge in [0.2, 0.25) is 0 Å². The molecule has 3 rings (SSSR count). The molecule has 1 aliphatic carbocycles. The first-order chi connectivity index (χ1) is 12.4. The first-order valence-electron chi connectivity index (χ1n) is 9.75. The quantitative estimate of drug-likeness (QED) is 0.598. The van der Waals surface area contributed by atoms with Crippen LogP contribution in [0.25, 0.3) is 5.57 Å². The van der Waals surface area contributed by atoms with Gasteiger partial charge in [0.25, 0.3) is 0 Å². The number of carbonyl (C=O) groups excluding carboxylic acids is 1. The van der Waals surface area contributed by atoms with Crippen molar-refractivity contribution >= 4 is 11.5 Å². The van der Waals surface area contributed by atoms with Crippen molar-refractivity contribution < 1.29 is 19.4 Å². The van der Waals surface area contributed by atoms with Gasteiger partial charge in [-0.25, -0.2) is 4.79 Å². The Morgan fingerprint density at radius 1 is 1.27 bits per heavy atom. The highest BCUT2D eigenvalue weighted by Gasteiger charge is 2.51. The maximum Gasteiger partial charge on any atom is 0.343 e. The van der Waals surface area contributed by atoms with E-state index in [-0.39, 0.29) is 11.9 Å². The Kier molecular flexibility index (Phi) is 5.42. The van der Waals surface area contributed by atoms with E-state index in [0.29, 0.717) is 18.4 Å². The van der Waals surface area contributed by atoms with Crippen LogP contribution in [0.3, 0.4) is 0 Å². The van der Waals surface area contributed by atoms with Crippen LogP contribution in [-0.4, -0.2) is 29.4 Å². The van der Waals surface area contributed by atoms with Crippen LogP contribution in [-0.2, 0) is 14.3 Å². The molecule has 1 N–H and O–H groups in total. The number of aryl methyl sites for hydroxylation is 3. The molecule has 0 amide bonds. The summed E-state index contributed by atoms with van der Waals surface area (Å²) in [5, 5.41) is 11.1. The molecule has 1 heterocycles. The first kappa shape index (κ1) is 19.0. The maximum atomic E-state index is 12.7. The lowest BCUT2D eigenvalue weighted by molar-refractivity contribution is -0.154. The topological polar surface area (TPSA) is 55.8 Å². The molecule has 26 heavy (non-hydrogen) atoms. The van der Waals surface area contributed by atoms with Crippen LogP contribution in [0.15, 0.2) is 17.9 Å². The average molecular weight is 358 g/mol. The summed E-state index contributed by atoms with van der Waals surface area (Å²) in [5.41, 5.74) is 3.37. The van der Waals surface area contributed by atoms with Gasteiger partial charge < -0.3 is 14.6 Å². The molecule has 1 aliphatic heterocycles. The van der Waals surface area contributed by atoms with E-state index in [2.05, 4.69) is 6.92 Å². The van der Waals surface area contributed by atoms with Crippen LogP contribution < -0.4 is 0 Å². The van der Waals surface area contributed by atoms with Crippen LogP contribution in [0.4, 0.5) is 0 Å². The van der Waals surface area contributed by atoms with Gasteiger partial charge in [-0.15, -0.1) is 0 Å². The Labute approximate surface area is 156 Å². The SMILES string of the molecule is CCCCOC1CCCC2(C1)OC(=O)C(c1c(C)cc(C)cc1C)=C2O. The van der Waals surface area contributed by atoms with Crippen LogP contribution in [0.1, 0.15) is 67.7 Å². The predicted octanol–water partition coefficient (Wildman–Crippen LogP) is 4.94. The number of hydrogen-bond donors (Lipinski definition) is 1. The van der Waals surface area contributed by atoms with E-state index < -0.39 is 11.6 Å². The number of rotatable bonds is 5. The van der Waals surface area contributed by atoms with Gasteiger partial charge in [0.1, 0.15) is 5.57 Å². The molecule has 1 aromatic rings. The minimum absolute atomic E-state index is 0.0322. The minimum atomic E-state index is -0.911. The van der Waals surface area contributed by atoms with E-state index in [1.807, 2.05) is 32.9 Å². The van der Waals surface area contributed by atoms with Crippen LogP contribution >= 0.6 is 0 Å². The number of carbonyl (C=O) groups is 1. The Bertz CT molecular complexity index is 711. The third kappa shape index (κ3) is 3.39. The monoisotopic (exact) mass is 358 g/mol. The van der Waals surface area contributed by atoms with Crippen molar-refractivity contribution in [2.24, 2.45) is 0 Å². The lowest BCUT2D eigenvalue weighted by atomic mass is 9.80. The number of hydrogen-bond acceptors (Lipinski definition) is 4. The molecule has 0 radical (unpaired) electrons. The van der Waals surface area contributed by atoms with Gasteiger partial charge >= 0.3 is 5.97 Å². The number of esters is 1. The third-order valence-electron chi connectivity index (χ3n) is 5.60. The fraction of sp³-hybridized carbons (Fsp3) is 0.591. The molecule has 1 saturated carbocycles. The Balaban J connectivity index is 1.93. The second kappa shape index (κ2) is 7.43. The van der Waals surface area contributed by atoms with Crippen molar-refractivity contribution in [1.82, 2.24) is 0 Å². The van der Waals surface area contributed by atoms with Crippen molar-refractivity contribution in [3.05, 3.63) is 40.1 Å². The molecule has 142 valence electrons. The predicted molar refractivity (Wildman–Crippen MR) is 102 cm³/mol. The van der Waals surface area contributed by atoms with Crippen LogP contribution in [0.2, 0.25) is 0 Å². The van der Waals surface area contributed by atoms with Crippen molar-refractivity contribution in [1.29, 1.82) is 0 Å². The van der Waals surface area contributed by atoms with E-state index >= 15 is 0 Å². The molecule has 1 aromatic carbocycles. The molecule has 4 nitrogen and oxygen atoms in total. The minimum Gasteiger partial charge on any atom is -0.507 e. The van der Waals surface area contributed by atoms with Crippen molar-refractivity contribution in [3.63, 3.8) is 0 Å². The smallest absolute Gasteiger partial charge is 0.343 e. The second-order valence-electron chi connectivity index (χ2n) is 7.82. The molecule has 4 heteroatoms. The summed E-state index contributed by atoms with van der Waals surface area (Å²) in [4.78, 5) is 12.7. The van der Waals surface area contributed by atoms with Crippen molar-refractivity contribution in [2.45, 2.75) is 77.9 Å². The molecule has 2 atom stereocenters. The normalized spacial score (nSPS) is 25.8. The maximum absolute atomic E-state index is 12.7. The molecule has 1 fully saturated rings. The van der Waals surface area contributed by atoms with Gasteiger partial charge in [-0.2, -0.15) is 0 Å². The summed E-state index contributed by atoms with van der Waals surface area (Å²) in [7, 11) is 0. The fourth-order valence-electron chi connectivity index (χ4n) is 4.43. The standard InChI is InChI=1S/C22H30O4/c1-5-6-10-25-17-8-7-9-22(13-17)20(23)19(21(24)26-22)18-15(3)11-14(2)12-16(18)4/h11-12,17,23H,5-10,13H2,1-4H3. The largest absolute Gasteiger partial charge is 0.507 e. The third-order valence-corrected chi connectivity index (χ3v) is 5.60. The highest BCUT2D eigenvalue weighted by molar-refractivity contribution is 6.20. The molecular weight excluding hydrogens is 328 g/mol. The number of benzene rings is 1. The molecule has 2 aliphatic rings. The van der Waals surface area contributed by atoms with E-state index in [1.54, 1.807) is 0 Å². The highest BCUT2D eigenvalue weighted by Crippen LogP contribution is 2.47. The zero-order chi connectivity index (χ0) is 18.9. The lowest BCUT2D eigenvalue weighted by Gasteiger charge is -2.36. The summed E-state index contributed by atoms with van der Waals surface area (Å²) in [6.07, 6.45) is 5.19. The lowest BCUT2D eigenvalue weighted by Crippen LogP contribution is -2.41. The molecule has 0 saturated heterocycles. The number of aliphatic hydroxyl groups excluding tert-OH is 1. The van der Waals surface area contributed by atoms with Gasteiger partial charge in [0, 0.05) is 13.0 Å². The summed E-state index contributed by atoms with van der Waals surface area (Å²) in [5.74, 6) is -0.312. The van der Waals surface area contributed by atoms with E-state index in [4.69, 9.17) is 9.47 Å². The number of aliphatic hydroxyl groups is 1. The Morgan fingerprint density at radius 2 is 1.96 bits per heavy atom. The Morgan fingerprint density at radius 3 is 2.62 bits per heavy atom. The molecule has 1 spiro atoms. The summed E-state index contributed by atoms with van der Waals surface area (Å²) in [6, 6.07) is 4.08. The summed E-state index contributed by atoms with van der Waals surface area (Å²) in [6.45, 7) is 8.85. The second-order valence-corrected chi connectivity index (χ2v) is 7.82. The Hall–Kier alpha value is -1.81. The molecule has 0 bridgehead atoms. The van der Waals surface area contributed by atoms with Gasteiger partial charge in [-0.1, -0.05) is 31.0 Å². The molecule has 2 unspecified atom stereocenters. The highest BCUT2D eigenvalue weighted by atomic mass is 16.6. The van der Waals surface area contributed by atoms with E-state index in [0.717, 1.165) is 54.5 Å². The zero-order valence-corrected chi connectivity index (χ0v) is 16.4. The van der Waals surface area contributed by atoms with Gasteiger partial charge in [0.05, 0.1) is 6.10 Å². The first-order valence-corrected chi connectivity index (χ1v) is 9.75. The number of unbranched alkanes of at least 4 members (excludes halogenated alkanes) is 1. The van der Waals surface area contributed by atoms with E-state index in [9.17, 15) is 9.90 Å². The van der Waals surface area contributed by atoms with E-state index in [1.165, 1.54) is 0 Å². The van der Waals surface area contributed by atoms with Crippen LogP contribution in [0.5, 0.6) is 0 Å². The fourth-order valence-corrected chi connectivity index (χ4v) is 4.43. The molecule has 0 aromatic heterocycles. The molecular formula is C22H30O4. The number of ether oxygens (including phenoxy) is 2.